The quantitative estimate of drug-likeness (QED) is 0.417. The number of nitrogens with one attached hydrogen (secondary N) is 2. The Kier molecular flexibility index (Phi) is 6.99. The molecule has 0 atom stereocenters. The Morgan fingerprint density at radius 2 is 1.83 bits per heavy atom. The van der Waals surface area contributed by atoms with Crippen molar-refractivity contribution in [2.45, 2.75) is 13.1 Å². The number of ether oxygens (including phenoxy) is 2. The lowest BCUT2D eigenvalue weighted by Gasteiger charge is -2.13. The van der Waals surface area contributed by atoms with Gasteiger partial charge in [0.05, 0.1) is 0 Å². The Hall–Kier alpha value is -1.67. The summed E-state index contributed by atoms with van der Waals surface area (Å²) in [6.45, 7) is 1.53. The van der Waals surface area contributed by atoms with Crippen molar-refractivity contribution in [3.63, 3.8) is 0 Å². The molecule has 0 spiro atoms. The molecule has 2 aromatic carbocycles. The normalized spacial score (nSPS) is 12.5. The van der Waals surface area contributed by atoms with Crippen molar-refractivity contribution in [2.24, 2.45) is 4.99 Å². The number of guanidine groups is 1. The number of nitrogens with zero attached hydrogens (tertiary/aromatic N) is 1. The summed E-state index contributed by atoms with van der Waals surface area (Å²) in [5, 5.41) is 7.26. The van der Waals surface area contributed by atoms with E-state index in [4.69, 9.17) is 21.1 Å². The highest BCUT2D eigenvalue weighted by Gasteiger charge is 2.13. The van der Waals surface area contributed by atoms with Gasteiger partial charge in [0.25, 0.3) is 0 Å². The summed E-state index contributed by atoms with van der Waals surface area (Å²) in [7, 11) is 1.74. The molecule has 0 amide bonds. The van der Waals surface area contributed by atoms with Gasteiger partial charge in [-0.1, -0.05) is 35.9 Å². The molecule has 2 aromatic rings. The van der Waals surface area contributed by atoms with E-state index >= 15 is 0 Å². The van der Waals surface area contributed by atoms with Crippen LogP contribution in [0.5, 0.6) is 11.5 Å². The van der Waals surface area contributed by atoms with Crippen LogP contribution in [0.25, 0.3) is 0 Å². The molecule has 0 saturated heterocycles. The maximum Gasteiger partial charge on any atom is 0.231 e. The van der Waals surface area contributed by atoms with Gasteiger partial charge in [-0.05, 0) is 29.3 Å². The van der Waals surface area contributed by atoms with Crippen LogP contribution in [0.2, 0.25) is 5.02 Å². The fourth-order valence-corrected chi connectivity index (χ4v) is 2.48. The zero-order valence-corrected chi connectivity index (χ0v) is 16.3. The summed E-state index contributed by atoms with van der Waals surface area (Å²) in [4.78, 5) is 4.22. The molecule has 0 fully saturated rings. The first kappa shape index (κ1) is 18.7. The van der Waals surface area contributed by atoms with Gasteiger partial charge in [0.2, 0.25) is 6.79 Å². The van der Waals surface area contributed by atoms with Gasteiger partial charge in [0, 0.05) is 25.2 Å². The molecule has 1 aliphatic heterocycles. The van der Waals surface area contributed by atoms with Gasteiger partial charge in [0.1, 0.15) is 0 Å². The van der Waals surface area contributed by atoms with E-state index in [2.05, 4.69) is 15.6 Å². The van der Waals surface area contributed by atoms with Gasteiger partial charge < -0.3 is 20.1 Å². The second-order valence-electron chi connectivity index (χ2n) is 5.06. The van der Waals surface area contributed by atoms with E-state index in [0.717, 1.165) is 27.6 Å². The molecular weight excluding hydrogens is 441 g/mol. The number of benzene rings is 2. The lowest BCUT2D eigenvalue weighted by Crippen LogP contribution is -2.36. The average molecular weight is 460 g/mol. The topological polar surface area (TPSA) is 54.9 Å². The van der Waals surface area contributed by atoms with Crippen molar-refractivity contribution in [3.05, 3.63) is 58.6 Å². The van der Waals surface area contributed by atoms with Gasteiger partial charge in [-0.25, -0.2) is 0 Å². The summed E-state index contributed by atoms with van der Waals surface area (Å²) in [5.41, 5.74) is 2.12. The lowest BCUT2D eigenvalue weighted by atomic mass is 10.2. The molecule has 1 aliphatic rings. The highest BCUT2D eigenvalue weighted by atomic mass is 127. The first-order valence-electron chi connectivity index (χ1n) is 7.32. The van der Waals surface area contributed by atoms with Crippen LogP contribution in [-0.4, -0.2) is 19.8 Å². The highest BCUT2D eigenvalue weighted by molar-refractivity contribution is 14.0. The molecular formula is C17H19ClIN3O2. The van der Waals surface area contributed by atoms with E-state index in [1.807, 2.05) is 42.5 Å². The van der Waals surface area contributed by atoms with Crippen molar-refractivity contribution in [1.29, 1.82) is 0 Å². The number of aliphatic imine (C=N–C) groups is 1. The largest absolute Gasteiger partial charge is 0.454 e. The monoisotopic (exact) mass is 459 g/mol. The minimum atomic E-state index is 0. The highest BCUT2D eigenvalue weighted by Crippen LogP contribution is 2.32. The van der Waals surface area contributed by atoms with Crippen molar-refractivity contribution in [1.82, 2.24) is 10.6 Å². The van der Waals surface area contributed by atoms with E-state index in [-0.39, 0.29) is 30.8 Å². The molecule has 128 valence electrons. The van der Waals surface area contributed by atoms with Crippen LogP contribution in [0.4, 0.5) is 0 Å². The van der Waals surface area contributed by atoms with E-state index in [1.54, 1.807) is 7.05 Å². The molecule has 0 aliphatic carbocycles. The number of halogens is 2. The minimum absolute atomic E-state index is 0. The molecule has 0 aromatic heterocycles. The Labute approximate surface area is 163 Å². The SMILES string of the molecule is CN=C(NCc1ccc2c(c1)OCO2)NCc1ccccc1Cl.I. The number of fused-ring (bicyclic) bond motifs is 1. The van der Waals surface area contributed by atoms with Crippen LogP contribution >= 0.6 is 35.6 Å². The van der Waals surface area contributed by atoms with Gasteiger partial charge in [-0.2, -0.15) is 0 Å². The van der Waals surface area contributed by atoms with Gasteiger partial charge in [-0.15, -0.1) is 24.0 Å². The number of rotatable bonds is 4. The summed E-state index contributed by atoms with van der Waals surface area (Å²) >= 11 is 6.15. The zero-order valence-electron chi connectivity index (χ0n) is 13.2. The van der Waals surface area contributed by atoms with E-state index in [1.165, 1.54) is 0 Å². The number of hydrogen-bond donors (Lipinski definition) is 2. The van der Waals surface area contributed by atoms with Crippen LogP contribution < -0.4 is 20.1 Å². The molecule has 0 bridgehead atoms. The fourth-order valence-electron chi connectivity index (χ4n) is 2.28. The maximum absolute atomic E-state index is 6.15. The molecule has 7 heteroatoms. The maximum atomic E-state index is 6.15. The molecule has 3 rings (SSSR count). The summed E-state index contributed by atoms with van der Waals surface area (Å²) in [5.74, 6) is 2.28. The van der Waals surface area contributed by atoms with Crippen molar-refractivity contribution in [3.8, 4) is 11.5 Å². The van der Waals surface area contributed by atoms with Gasteiger partial charge in [-0.3, -0.25) is 4.99 Å². The van der Waals surface area contributed by atoms with Crippen LogP contribution in [-0.2, 0) is 13.1 Å². The molecule has 1 heterocycles. The van der Waals surface area contributed by atoms with Crippen molar-refractivity contribution < 1.29 is 9.47 Å². The summed E-state index contributed by atoms with van der Waals surface area (Å²) in [6.07, 6.45) is 0. The Morgan fingerprint density at radius 1 is 1.08 bits per heavy atom. The standard InChI is InChI=1S/C17H18ClN3O2.HI/c1-19-17(21-10-13-4-2-3-5-14(13)18)20-9-12-6-7-15-16(8-12)23-11-22-15;/h2-8H,9-11H2,1H3,(H2,19,20,21);1H. The van der Waals surface area contributed by atoms with E-state index in [9.17, 15) is 0 Å². The summed E-state index contributed by atoms with van der Waals surface area (Å²) < 4.78 is 10.7. The third-order valence-corrected chi connectivity index (χ3v) is 3.89. The molecule has 0 saturated carbocycles. The van der Waals surface area contributed by atoms with Crippen LogP contribution in [0.1, 0.15) is 11.1 Å². The molecule has 0 unspecified atom stereocenters. The fraction of sp³-hybridized carbons (Fsp3) is 0.235. The van der Waals surface area contributed by atoms with Gasteiger partial charge >= 0.3 is 0 Å². The molecule has 5 nitrogen and oxygen atoms in total. The Bertz CT molecular complexity index is 725. The van der Waals surface area contributed by atoms with Crippen LogP contribution in [0.15, 0.2) is 47.5 Å². The lowest BCUT2D eigenvalue weighted by molar-refractivity contribution is 0.174. The van der Waals surface area contributed by atoms with Crippen molar-refractivity contribution in [2.75, 3.05) is 13.8 Å². The van der Waals surface area contributed by atoms with E-state index in [0.29, 0.717) is 19.0 Å². The Morgan fingerprint density at radius 3 is 2.62 bits per heavy atom. The zero-order chi connectivity index (χ0) is 16.1. The van der Waals surface area contributed by atoms with E-state index < -0.39 is 0 Å². The van der Waals surface area contributed by atoms with Crippen molar-refractivity contribution >= 4 is 41.5 Å². The predicted octanol–water partition coefficient (Wildman–Crippen LogP) is 3.55. The first-order valence-corrected chi connectivity index (χ1v) is 7.70. The Balaban J connectivity index is 0.00000208. The first-order chi connectivity index (χ1) is 11.3. The third-order valence-electron chi connectivity index (χ3n) is 3.52. The molecule has 24 heavy (non-hydrogen) atoms. The third kappa shape index (κ3) is 4.67. The predicted molar refractivity (Wildman–Crippen MR) is 106 cm³/mol. The molecule has 2 N–H and O–H groups in total. The van der Waals surface area contributed by atoms with Gasteiger partial charge in [0.15, 0.2) is 17.5 Å². The minimum Gasteiger partial charge on any atom is -0.454 e. The van der Waals surface area contributed by atoms with Crippen LogP contribution in [0.3, 0.4) is 0 Å². The van der Waals surface area contributed by atoms with Crippen LogP contribution in [0, 0.1) is 0 Å². The number of hydrogen-bond acceptors (Lipinski definition) is 3. The smallest absolute Gasteiger partial charge is 0.231 e. The average Bonchev–Trinajstić information content (AvgIpc) is 3.04. The second kappa shape index (κ2) is 8.98. The molecule has 0 radical (unpaired) electrons. The summed E-state index contributed by atoms with van der Waals surface area (Å²) in [6, 6.07) is 13.6. The second-order valence-corrected chi connectivity index (χ2v) is 5.47.